The molecule has 170 valence electrons. The van der Waals surface area contributed by atoms with Crippen molar-refractivity contribution in [3.05, 3.63) is 71.3 Å². The summed E-state index contributed by atoms with van der Waals surface area (Å²) in [6.45, 7) is 2.94. The number of anilines is 1. The van der Waals surface area contributed by atoms with Crippen LogP contribution in [0.3, 0.4) is 0 Å². The largest absolute Gasteiger partial charge is 0.463 e. The van der Waals surface area contributed by atoms with Gasteiger partial charge < -0.3 is 15.0 Å². The third-order valence-electron chi connectivity index (χ3n) is 6.05. The number of carbonyl (C=O) groups is 2. The van der Waals surface area contributed by atoms with Crippen LogP contribution in [0.1, 0.15) is 43.4 Å². The van der Waals surface area contributed by atoms with Crippen LogP contribution >= 0.6 is 11.8 Å². The molecule has 1 amide bonds. The van der Waals surface area contributed by atoms with Gasteiger partial charge in [-0.3, -0.25) is 4.79 Å². The second-order valence-electron chi connectivity index (χ2n) is 8.43. The summed E-state index contributed by atoms with van der Waals surface area (Å²) < 4.78 is 5.52. The molecule has 1 saturated carbocycles. The van der Waals surface area contributed by atoms with Gasteiger partial charge in [0.15, 0.2) is 5.17 Å². The number of fused-ring (bicyclic) bond motifs is 1. The van der Waals surface area contributed by atoms with E-state index >= 15 is 0 Å². The van der Waals surface area contributed by atoms with E-state index in [4.69, 9.17) is 9.73 Å². The molecule has 1 aliphatic carbocycles. The minimum Gasteiger partial charge on any atom is -0.463 e. The van der Waals surface area contributed by atoms with Gasteiger partial charge in [0, 0.05) is 29.5 Å². The van der Waals surface area contributed by atoms with Crippen LogP contribution in [0.2, 0.25) is 0 Å². The summed E-state index contributed by atoms with van der Waals surface area (Å²) >= 11 is 1.73. The molecule has 0 spiro atoms. The molecule has 2 aliphatic heterocycles. The van der Waals surface area contributed by atoms with E-state index < -0.39 is 0 Å². The molecular weight excluding hydrogens is 434 g/mol. The van der Waals surface area contributed by atoms with Crippen molar-refractivity contribution in [2.45, 2.75) is 32.2 Å². The fourth-order valence-electron chi connectivity index (χ4n) is 4.27. The maximum atomic E-state index is 13.3. The summed E-state index contributed by atoms with van der Waals surface area (Å²) in [4.78, 5) is 32.6. The Labute approximate surface area is 198 Å². The van der Waals surface area contributed by atoms with E-state index in [1.807, 2.05) is 61.5 Å². The van der Waals surface area contributed by atoms with Crippen LogP contribution in [-0.4, -0.2) is 40.8 Å². The SMILES string of the molecule is CCOC(=O)C1=C(c2ccccc2)N=C2SCCCN2C1c1ccc(NC(=O)C2CC2)cc1. The molecular formula is C26H27N3O3S. The third-order valence-corrected chi connectivity index (χ3v) is 7.13. The molecule has 33 heavy (non-hydrogen) atoms. The number of rotatable bonds is 6. The van der Waals surface area contributed by atoms with Gasteiger partial charge in [-0.2, -0.15) is 0 Å². The topological polar surface area (TPSA) is 71.0 Å². The van der Waals surface area contributed by atoms with Gasteiger partial charge in [0.2, 0.25) is 5.91 Å². The van der Waals surface area contributed by atoms with E-state index in [0.29, 0.717) is 17.9 Å². The van der Waals surface area contributed by atoms with E-state index in [0.717, 1.165) is 53.5 Å². The molecule has 1 N–H and O–H groups in total. The standard InChI is InChI=1S/C26H27N3O3S/c1-2-32-25(31)21-22(17-7-4-3-5-8-17)28-26-29(15-6-16-33-26)23(21)18-11-13-20(14-12-18)27-24(30)19-9-10-19/h3-5,7-8,11-14,19,23H,2,6,9-10,15-16H2,1H3,(H,27,30). The first kappa shape index (κ1) is 21.8. The Hall–Kier alpha value is -3.06. The lowest BCUT2D eigenvalue weighted by molar-refractivity contribution is -0.139. The Bertz CT molecular complexity index is 1110. The summed E-state index contributed by atoms with van der Waals surface area (Å²) in [5, 5.41) is 3.93. The number of carbonyl (C=O) groups excluding carboxylic acids is 2. The number of aliphatic imine (C=N–C) groups is 1. The molecule has 1 unspecified atom stereocenters. The van der Waals surface area contributed by atoms with Crippen molar-refractivity contribution in [1.82, 2.24) is 4.90 Å². The normalized spacial score (nSPS) is 20.1. The Morgan fingerprint density at radius 2 is 1.88 bits per heavy atom. The first-order valence-electron chi connectivity index (χ1n) is 11.5. The molecule has 0 bridgehead atoms. The van der Waals surface area contributed by atoms with Crippen LogP contribution in [-0.2, 0) is 14.3 Å². The Balaban J connectivity index is 1.57. The van der Waals surface area contributed by atoms with Crippen LogP contribution in [0.25, 0.3) is 5.70 Å². The van der Waals surface area contributed by atoms with Gasteiger partial charge in [0.25, 0.3) is 0 Å². The second-order valence-corrected chi connectivity index (χ2v) is 9.49. The number of hydrogen-bond acceptors (Lipinski definition) is 6. The van der Waals surface area contributed by atoms with E-state index in [2.05, 4.69) is 10.2 Å². The molecule has 6 nitrogen and oxygen atoms in total. The van der Waals surface area contributed by atoms with Gasteiger partial charge in [-0.15, -0.1) is 0 Å². The molecule has 5 rings (SSSR count). The highest BCUT2D eigenvalue weighted by atomic mass is 32.2. The van der Waals surface area contributed by atoms with Crippen molar-refractivity contribution >= 4 is 40.2 Å². The van der Waals surface area contributed by atoms with E-state index in [-0.39, 0.29) is 23.8 Å². The average molecular weight is 462 g/mol. The highest BCUT2D eigenvalue weighted by Gasteiger charge is 2.39. The maximum Gasteiger partial charge on any atom is 0.338 e. The summed E-state index contributed by atoms with van der Waals surface area (Å²) in [5.41, 5.74) is 3.89. The average Bonchev–Trinajstić information content (AvgIpc) is 3.70. The monoisotopic (exact) mass is 461 g/mol. The second kappa shape index (κ2) is 9.43. The minimum absolute atomic E-state index is 0.0840. The maximum absolute atomic E-state index is 13.3. The number of ether oxygens (including phenoxy) is 1. The summed E-state index contributed by atoms with van der Waals surface area (Å²) in [6, 6.07) is 17.4. The zero-order valence-corrected chi connectivity index (χ0v) is 19.4. The smallest absolute Gasteiger partial charge is 0.338 e. The number of amides is 1. The van der Waals surface area contributed by atoms with Gasteiger partial charge in [-0.1, -0.05) is 54.2 Å². The Kier molecular flexibility index (Phi) is 6.22. The molecule has 3 aliphatic rings. The quantitative estimate of drug-likeness (QED) is 0.622. The van der Waals surface area contributed by atoms with E-state index in [9.17, 15) is 9.59 Å². The summed E-state index contributed by atoms with van der Waals surface area (Å²) in [6.07, 6.45) is 2.96. The van der Waals surface area contributed by atoms with Gasteiger partial charge in [-0.05, 0) is 43.9 Å². The van der Waals surface area contributed by atoms with Crippen molar-refractivity contribution in [2.24, 2.45) is 10.9 Å². The van der Waals surface area contributed by atoms with Crippen LogP contribution in [0.15, 0.2) is 65.2 Å². The highest BCUT2D eigenvalue weighted by Crippen LogP contribution is 2.43. The van der Waals surface area contributed by atoms with Crippen molar-refractivity contribution in [2.75, 3.05) is 24.2 Å². The van der Waals surface area contributed by atoms with Crippen molar-refractivity contribution in [1.29, 1.82) is 0 Å². The fourth-order valence-corrected chi connectivity index (χ4v) is 5.25. The van der Waals surface area contributed by atoms with Crippen LogP contribution in [0, 0.1) is 5.92 Å². The van der Waals surface area contributed by atoms with E-state index in [1.54, 1.807) is 11.8 Å². The van der Waals surface area contributed by atoms with Crippen LogP contribution < -0.4 is 5.32 Å². The van der Waals surface area contributed by atoms with Crippen LogP contribution in [0.4, 0.5) is 5.69 Å². The molecule has 0 aromatic heterocycles. The molecule has 1 atom stereocenters. The van der Waals surface area contributed by atoms with Crippen LogP contribution in [0.5, 0.6) is 0 Å². The molecule has 7 heteroatoms. The minimum atomic E-state index is -0.342. The molecule has 2 heterocycles. The molecule has 1 saturated heterocycles. The summed E-state index contributed by atoms with van der Waals surface area (Å²) in [7, 11) is 0. The number of thioether (sulfide) groups is 1. The first-order valence-corrected chi connectivity index (χ1v) is 12.5. The predicted molar refractivity (Wildman–Crippen MR) is 132 cm³/mol. The van der Waals surface area contributed by atoms with Crippen molar-refractivity contribution < 1.29 is 14.3 Å². The Morgan fingerprint density at radius 3 is 2.58 bits per heavy atom. The number of amidine groups is 1. The van der Waals surface area contributed by atoms with E-state index in [1.165, 1.54) is 0 Å². The lowest BCUT2D eigenvalue weighted by atomic mass is 9.91. The lowest BCUT2D eigenvalue weighted by Crippen LogP contribution is -2.42. The van der Waals surface area contributed by atoms with Crippen molar-refractivity contribution in [3.63, 3.8) is 0 Å². The number of hydrogen-bond donors (Lipinski definition) is 1. The highest BCUT2D eigenvalue weighted by molar-refractivity contribution is 8.13. The molecule has 2 aromatic rings. The zero-order valence-electron chi connectivity index (χ0n) is 18.6. The lowest BCUT2D eigenvalue weighted by Gasteiger charge is -2.41. The third kappa shape index (κ3) is 4.55. The number of benzene rings is 2. The first-order chi connectivity index (χ1) is 16.2. The number of nitrogens with one attached hydrogen (secondary N) is 1. The van der Waals surface area contributed by atoms with Gasteiger partial charge in [0.05, 0.1) is 23.9 Å². The van der Waals surface area contributed by atoms with Gasteiger partial charge in [-0.25, -0.2) is 9.79 Å². The number of nitrogens with zero attached hydrogens (tertiary/aromatic N) is 2. The Morgan fingerprint density at radius 1 is 1.12 bits per heavy atom. The van der Waals surface area contributed by atoms with Crippen molar-refractivity contribution in [3.8, 4) is 0 Å². The fraction of sp³-hybridized carbons (Fsp3) is 0.346. The molecule has 2 aromatic carbocycles. The zero-order chi connectivity index (χ0) is 22.8. The predicted octanol–water partition coefficient (Wildman–Crippen LogP) is 4.86. The summed E-state index contributed by atoms with van der Waals surface area (Å²) in [5.74, 6) is 0.899. The van der Waals surface area contributed by atoms with Gasteiger partial charge in [0.1, 0.15) is 0 Å². The van der Waals surface area contributed by atoms with Gasteiger partial charge >= 0.3 is 5.97 Å². The number of esters is 1. The molecule has 0 radical (unpaired) electrons. The molecule has 2 fully saturated rings.